The summed E-state index contributed by atoms with van der Waals surface area (Å²) >= 11 is 0. The van der Waals surface area contributed by atoms with E-state index in [9.17, 15) is 4.79 Å². The number of nitriles is 3. The van der Waals surface area contributed by atoms with Gasteiger partial charge in [0.2, 0.25) is 0 Å². The van der Waals surface area contributed by atoms with Crippen LogP contribution in [0.25, 0.3) is 0 Å². The molecule has 0 spiro atoms. The molecular formula is C22H25N5O3. The highest BCUT2D eigenvalue weighted by atomic mass is 16.6. The normalized spacial score (nSPS) is 14.0. The lowest BCUT2D eigenvalue weighted by Gasteiger charge is -2.33. The Bertz CT molecular complexity index is 933. The van der Waals surface area contributed by atoms with Crippen molar-refractivity contribution in [2.45, 2.75) is 52.2 Å². The second-order valence-electron chi connectivity index (χ2n) is 7.98. The van der Waals surface area contributed by atoms with Gasteiger partial charge in [-0.3, -0.25) is 0 Å². The highest BCUT2D eigenvalue weighted by molar-refractivity contribution is 5.68. The summed E-state index contributed by atoms with van der Waals surface area (Å²) < 4.78 is 11.5. The number of amides is 1. The van der Waals surface area contributed by atoms with Crippen molar-refractivity contribution >= 4 is 11.8 Å². The number of aryl methyl sites for hydroxylation is 1. The summed E-state index contributed by atoms with van der Waals surface area (Å²) in [4.78, 5) is 13.9. The van der Waals surface area contributed by atoms with Crippen LogP contribution < -0.4 is 10.1 Å². The minimum Gasteiger partial charge on any atom is -0.490 e. The molecule has 0 aliphatic carbocycles. The Morgan fingerprint density at radius 2 is 1.77 bits per heavy atom. The third-order valence-corrected chi connectivity index (χ3v) is 4.42. The largest absolute Gasteiger partial charge is 0.490 e. The molecule has 0 unspecified atom stereocenters. The summed E-state index contributed by atoms with van der Waals surface area (Å²) in [5.41, 5.74) is 0.551. The summed E-state index contributed by atoms with van der Waals surface area (Å²) in [7, 11) is 0. The zero-order valence-electron chi connectivity index (χ0n) is 17.7. The fourth-order valence-corrected chi connectivity index (χ4v) is 2.95. The fraction of sp³-hybridized carbons (Fsp3) is 0.455. The SMILES string of the molecule is Cc1cc(NC(C#N)=C(C#N)C#N)ccc1OC1CCN(C(=O)OC(C)(C)C)CC1. The average Bonchev–Trinajstić information content (AvgIpc) is 2.69. The number of hydrogen-bond acceptors (Lipinski definition) is 7. The maximum Gasteiger partial charge on any atom is 0.410 e. The maximum absolute atomic E-state index is 12.2. The number of nitrogens with zero attached hydrogens (tertiary/aromatic N) is 4. The van der Waals surface area contributed by atoms with Crippen molar-refractivity contribution in [3.63, 3.8) is 0 Å². The first kappa shape index (κ1) is 22.6. The van der Waals surface area contributed by atoms with E-state index in [-0.39, 0.29) is 23.5 Å². The Kier molecular flexibility index (Phi) is 7.28. The molecule has 1 aliphatic heterocycles. The predicted octanol–water partition coefficient (Wildman–Crippen LogP) is 4.01. The summed E-state index contributed by atoms with van der Waals surface area (Å²) in [6.45, 7) is 8.55. The number of nitrogens with one attached hydrogen (secondary N) is 1. The Labute approximate surface area is 176 Å². The predicted molar refractivity (Wildman–Crippen MR) is 110 cm³/mol. The van der Waals surface area contributed by atoms with Gasteiger partial charge in [0, 0.05) is 31.6 Å². The molecule has 1 aromatic carbocycles. The van der Waals surface area contributed by atoms with Crippen molar-refractivity contribution in [2.75, 3.05) is 18.4 Å². The molecule has 2 rings (SSSR count). The topological polar surface area (TPSA) is 122 Å². The van der Waals surface area contributed by atoms with Gasteiger partial charge in [0.25, 0.3) is 0 Å². The van der Waals surface area contributed by atoms with Crippen LogP contribution in [0.15, 0.2) is 29.5 Å². The van der Waals surface area contributed by atoms with Crippen LogP contribution in [0.5, 0.6) is 5.75 Å². The van der Waals surface area contributed by atoms with Gasteiger partial charge in [0.15, 0.2) is 5.57 Å². The van der Waals surface area contributed by atoms with Gasteiger partial charge in [-0.1, -0.05) is 0 Å². The van der Waals surface area contributed by atoms with E-state index in [1.54, 1.807) is 35.2 Å². The van der Waals surface area contributed by atoms with Gasteiger partial charge < -0.3 is 19.7 Å². The molecule has 0 saturated carbocycles. The molecule has 0 aromatic heterocycles. The van der Waals surface area contributed by atoms with Crippen LogP contribution in [0.3, 0.4) is 0 Å². The van der Waals surface area contributed by atoms with E-state index in [2.05, 4.69) is 5.32 Å². The van der Waals surface area contributed by atoms with Crippen LogP contribution in [-0.2, 0) is 4.74 Å². The van der Waals surface area contributed by atoms with E-state index in [0.29, 0.717) is 37.4 Å². The molecule has 0 radical (unpaired) electrons. The van der Waals surface area contributed by atoms with Crippen LogP contribution >= 0.6 is 0 Å². The summed E-state index contributed by atoms with van der Waals surface area (Å²) in [5.74, 6) is 0.708. The van der Waals surface area contributed by atoms with Crippen LogP contribution in [-0.4, -0.2) is 35.8 Å². The van der Waals surface area contributed by atoms with Crippen molar-refractivity contribution < 1.29 is 14.3 Å². The third-order valence-electron chi connectivity index (χ3n) is 4.42. The van der Waals surface area contributed by atoms with Gasteiger partial charge in [0.05, 0.1) is 0 Å². The number of carbonyl (C=O) groups excluding carboxylic acids is 1. The second kappa shape index (κ2) is 9.67. The van der Waals surface area contributed by atoms with E-state index in [1.807, 2.05) is 33.8 Å². The number of likely N-dealkylation sites (tertiary alicyclic amines) is 1. The van der Waals surface area contributed by atoms with E-state index >= 15 is 0 Å². The highest BCUT2D eigenvalue weighted by Crippen LogP contribution is 2.27. The lowest BCUT2D eigenvalue weighted by atomic mass is 10.1. The van der Waals surface area contributed by atoms with Crippen molar-refractivity contribution in [3.05, 3.63) is 35.0 Å². The van der Waals surface area contributed by atoms with E-state index < -0.39 is 5.60 Å². The number of rotatable bonds is 4. The zero-order chi connectivity index (χ0) is 22.3. The molecule has 0 bridgehead atoms. The number of hydrogen-bond donors (Lipinski definition) is 1. The summed E-state index contributed by atoms with van der Waals surface area (Å²) in [5, 5.41) is 29.8. The van der Waals surface area contributed by atoms with Crippen molar-refractivity contribution in [1.29, 1.82) is 15.8 Å². The van der Waals surface area contributed by atoms with Gasteiger partial charge in [-0.05, 0) is 51.5 Å². The van der Waals surface area contributed by atoms with Gasteiger partial charge >= 0.3 is 6.09 Å². The maximum atomic E-state index is 12.2. The monoisotopic (exact) mass is 407 g/mol. The molecule has 1 aliphatic rings. The van der Waals surface area contributed by atoms with Crippen LogP contribution in [0.1, 0.15) is 39.2 Å². The number of carbonyl (C=O) groups is 1. The first-order valence-corrected chi connectivity index (χ1v) is 9.63. The first-order chi connectivity index (χ1) is 14.2. The number of allylic oxidation sites excluding steroid dienone is 2. The van der Waals surface area contributed by atoms with Crippen LogP contribution in [0.2, 0.25) is 0 Å². The molecule has 0 atom stereocenters. The highest BCUT2D eigenvalue weighted by Gasteiger charge is 2.27. The van der Waals surface area contributed by atoms with Gasteiger partial charge in [-0.25, -0.2) is 4.79 Å². The second-order valence-corrected chi connectivity index (χ2v) is 7.98. The molecule has 30 heavy (non-hydrogen) atoms. The molecule has 1 fully saturated rings. The molecule has 1 saturated heterocycles. The Morgan fingerprint density at radius 1 is 1.13 bits per heavy atom. The van der Waals surface area contributed by atoms with Gasteiger partial charge in [0.1, 0.15) is 41.4 Å². The molecule has 1 N–H and O–H groups in total. The van der Waals surface area contributed by atoms with E-state index in [0.717, 1.165) is 5.56 Å². The molecule has 156 valence electrons. The Morgan fingerprint density at radius 3 is 2.27 bits per heavy atom. The Balaban J connectivity index is 1.98. The van der Waals surface area contributed by atoms with Crippen molar-refractivity contribution in [3.8, 4) is 24.0 Å². The molecule has 1 aromatic rings. The first-order valence-electron chi connectivity index (χ1n) is 9.63. The van der Waals surface area contributed by atoms with Crippen molar-refractivity contribution in [1.82, 2.24) is 4.90 Å². The molecule has 8 heteroatoms. The molecule has 1 heterocycles. The standard InChI is InChI=1S/C22H25N5O3/c1-15-11-17(26-19(14-25)16(12-23)13-24)5-6-20(15)29-18-7-9-27(10-8-18)21(28)30-22(2,3)4/h5-6,11,18,26H,7-10H2,1-4H3. The minimum atomic E-state index is -0.515. The molecule has 1 amide bonds. The fourth-order valence-electron chi connectivity index (χ4n) is 2.95. The third kappa shape index (κ3) is 6.15. The summed E-state index contributed by atoms with van der Waals surface area (Å²) in [6.07, 6.45) is 1.09. The smallest absolute Gasteiger partial charge is 0.410 e. The number of piperidine rings is 1. The average molecular weight is 407 g/mol. The van der Waals surface area contributed by atoms with Crippen LogP contribution in [0.4, 0.5) is 10.5 Å². The number of benzene rings is 1. The Hall–Kier alpha value is -3.70. The van der Waals surface area contributed by atoms with E-state index in [4.69, 9.17) is 25.3 Å². The van der Waals surface area contributed by atoms with Crippen molar-refractivity contribution in [2.24, 2.45) is 0 Å². The summed E-state index contributed by atoms with van der Waals surface area (Å²) in [6, 6.07) is 10.5. The zero-order valence-corrected chi connectivity index (χ0v) is 17.7. The van der Waals surface area contributed by atoms with E-state index in [1.165, 1.54) is 0 Å². The van der Waals surface area contributed by atoms with Gasteiger partial charge in [-0.2, -0.15) is 15.8 Å². The molecule has 8 nitrogen and oxygen atoms in total. The van der Waals surface area contributed by atoms with Crippen LogP contribution in [0, 0.1) is 40.9 Å². The van der Waals surface area contributed by atoms with Gasteiger partial charge in [-0.15, -0.1) is 0 Å². The lowest BCUT2D eigenvalue weighted by molar-refractivity contribution is 0.0126. The molecular weight excluding hydrogens is 382 g/mol. The lowest BCUT2D eigenvalue weighted by Crippen LogP contribution is -2.44. The quantitative estimate of drug-likeness (QED) is 0.748. The number of ether oxygens (including phenoxy) is 2. The number of anilines is 1. The minimum absolute atomic E-state index is 0.0143.